The summed E-state index contributed by atoms with van der Waals surface area (Å²) in [5.74, 6) is 0. The molecule has 3 aromatic carbocycles. The van der Waals surface area contributed by atoms with Gasteiger partial charge in [-0.25, -0.2) is 0 Å². The first-order chi connectivity index (χ1) is 9.85. The SMILES string of the molecule is C=CCc1cccc2cc3ccccc3c(CC=C)c12. The van der Waals surface area contributed by atoms with Crippen molar-refractivity contribution >= 4 is 21.5 Å². The lowest BCUT2D eigenvalue weighted by Crippen LogP contribution is -1.93. The van der Waals surface area contributed by atoms with Gasteiger partial charge in [0.05, 0.1) is 0 Å². The second-order valence-electron chi connectivity index (χ2n) is 5.08. The molecule has 0 aromatic heterocycles. The van der Waals surface area contributed by atoms with Crippen LogP contribution < -0.4 is 0 Å². The zero-order chi connectivity index (χ0) is 13.9. The molecule has 98 valence electrons. The summed E-state index contributed by atoms with van der Waals surface area (Å²) in [6.07, 6.45) is 5.76. The third kappa shape index (κ3) is 2.04. The average Bonchev–Trinajstić information content (AvgIpc) is 2.47. The Morgan fingerprint density at radius 2 is 1.55 bits per heavy atom. The second-order valence-corrected chi connectivity index (χ2v) is 5.08. The number of allylic oxidation sites excluding steroid dienone is 2. The molecule has 0 fully saturated rings. The third-order valence-corrected chi connectivity index (χ3v) is 3.79. The molecule has 0 aliphatic carbocycles. The summed E-state index contributed by atoms with van der Waals surface area (Å²) in [6, 6.07) is 17.4. The van der Waals surface area contributed by atoms with E-state index in [1.54, 1.807) is 0 Å². The number of hydrogen-bond donors (Lipinski definition) is 0. The highest BCUT2D eigenvalue weighted by Gasteiger charge is 2.09. The van der Waals surface area contributed by atoms with Crippen LogP contribution in [0.15, 0.2) is 73.8 Å². The minimum absolute atomic E-state index is 0.895. The van der Waals surface area contributed by atoms with Crippen LogP contribution in [0.3, 0.4) is 0 Å². The highest BCUT2D eigenvalue weighted by atomic mass is 14.1. The minimum atomic E-state index is 0.895. The Bertz CT molecular complexity index is 794. The monoisotopic (exact) mass is 258 g/mol. The molecule has 0 bridgehead atoms. The Hall–Kier alpha value is -2.34. The van der Waals surface area contributed by atoms with Crippen molar-refractivity contribution in [3.63, 3.8) is 0 Å². The van der Waals surface area contributed by atoms with Gasteiger partial charge in [-0.15, -0.1) is 13.2 Å². The molecule has 0 aliphatic heterocycles. The lowest BCUT2D eigenvalue weighted by molar-refractivity contribution is 1.27. The molecule has 0 heterocycles. The maximum absolute atomic E-state index is 3.93. The van der Waals surface area contributed by atoms with Crippen molar-refractivity contribution in [1.29, 1.82) is 0 Å². The molecule has 20 heavy (non-hydrogen) atoms. The molecule has 0 saturated carbocycles. The van der Waals surface area contributed by atoms with Gasteiger partial charge in [0.25, 0.3) is 0 Å². The average molecular weight is 258 g/mol. The first kappa shape index (κ1) is 12.7. The zero-order valence-corrected chi connectivity index (χ0v) is 11.6. The van der Waals surface area contributed by atoms with E-state index in [-0.39, 0.29) is 0 Å². The largest absolute Gasteiger partial charge is 0.103 e. The Kier molecular flexibility index (Phi) is 3.39. The van der Waals surface area contributed by atoms with E-state index in [2.05, 4.69) is 61.7 Å². The molecule has 0 atom stereocenters. The van der Waals surface area contributed by atoms with Crippen molar-refractivity contribution in [3.05, 3.63) is 85.0 Å². The van der Waals surface area contributed by atoms with Gasteiger partial charge in [-0.2, -0.15) is 0 Å². The van der Waals surface area contributed by atoms with E-state index < -0.39 is 0 Å². The maximum atomic E-state index is 3.93. The van der Waals surface area contributed by atoms with E-state index >= 15 is 0 Å². The summed E-state index contributed by atoms with van der Waals surface area (Å²) in [5, 5.41) is 5.30. The molecule has 0 heteroatoms. The molecule has 0 N–H and O–H groups in total. The van der Waals surface area contributed by atoms with Gasteiger partial charge in [0.2, 0.25) is 0 Å². The lowest BCUT2D eigenvalue weighted by atomic mass is 9.91. The van der Waals surface area contributed by atoms with Crippen LogP contribution in [0.4, 0.5) is 0 Å². The number of hydrogen-bond acceptors (Lipinski definition) is 0. The van der Waals surface area contributed by atoms with E-state index in [1.165, 1.54) is 32.7 Å². The molecule has 0 nitrogen and oxygen atoms in total. The smallest absolute Gasteiger partial charge is 0.00877 e. The molecular weight excluding hydrogens is 240 g/mol. The molecule has 0 saturated heterocycles. The Labute approximate surface area is 120 Å². The Balaban J connectivity index is 2.48. The summed E-state index contributed by atoms with van der Waals surface area (Å²) in [7, 11) is 0. The van der Waals surface area contributed by atoms with Gasteiger partial charge in [-0.05, 0) is 51.6 Å². The standard InChI is InChI=1S/C20H18/c1-3-8-15-11-7-12-17-14-16-10-5-6-13-18(16)19(9-4-2)20(15)17/h3-7,10-14H,1-2,8-9H2. The maximum Gasteiger partial charge on any atom is -0.00877 e. The van der Waals surface area contributed by atoms with Crippen LogP contribution in [0.2, 0.25) is 0 Å². The molecule has 0 aliphatic rings. The van der Waals surface area contributed by atoms with Gasteiger partial charge in [0.15, 0.2) is 0 Å². The number of rotatable bonds is 4. The molecule has 0 unspecified atom stereocenters. The highest BCUT2D eigenvalue weighted by Crippen LogP contribution is 2.31. The van der Waals surface area contributed by atoms with Gasteiger partial charge >= 0.3 is 0 Å². The minimum Gasteiger partial charge on any atom is -0.103 e. The van der Waals surface area contributed by atoms with E-state index in [0.29, 0.717) is 0 Å². The van der Waals surface area contributed by atoms with Crippen molar-refractivity contribution in [3.8, 4) is 0 Å². The predicted octanol–water partition coefficient (Wildman–Crippen LogP) is 5.45. The third-order valence-electron chi connectivity index (χ3n) is 3.79. The van der Waals surface area contributed by atoms with Gasteiger partial charge in [0.1, 0.15) is 0 Å². The fraction of sp³-hybridized carbons (Fsp3) is 0.100. The summed E-state index contributed by atoms with van der Waals surface area (Å²) in [4.78, 5) is 0. The molecule has 0 spiro atoms. The van der Waals surface area contributed by atoms with Crippen molar-refractivity contribution in [1.82, 2.24) is 0 Å². The number of benzene rings is 3. The van der Waals surface area contributed by atoms with Crippen LogP contribution in [-0.2, 0) is 12.8 Å². The van der Waals surface area contributed by atoms with E-state index in [4.69, 9.17) is 0 Å². The summed E-state index contributed by atoms with van der Waals surface area (Å²) < 4.78 is 0. The first-order valence-electron chi connectivity index (χ1n) is 6.99. The fourth-order valence-corrected chi connectivity index (χ4v) is 2.99. The topological polar surface area (TPSA) is 0 Å². The fourth-order valence-electron chi connectivity index (χ4n) is 2.99. The van der Waals surface area contributed by atoms with Gasteiger partial charge in [-0.3, -0.25) is 0 Å². The van der Waals surface area contributed by atoms with Crippen molar-refractivity contribution in [2.24, 2.45) is 0 Å². The molecule has 3 aromatic rings. The van der Waals surface area contributed by atoms with Gasteiger partial charge in [0, 0.05) is 0 Å². The van der Waals surface area contributed by atoms with E-state index in [9.17, 15) is 0 Å². The number of fused-ring (bicyclic) bond motifs is 2. The quantitative estimate of drug-likeness (QED) is 0.431. The predicted molar refractivity (Wildman–Crippen MR) is 89.3 cm³/mol. The van der Waals surface area contributed by atoms with E-state index in [0.717, 1.165) is 12.8 Å². The Morgan fingerprint density at radius 1 is 0.800 bits per heavy atom. The van der Waals surface area contributed by atoms with E-state index in [1.807, 2.05) is 12.2 Å². The summed E-state index contributed by atoms with van der Waals surface area (Å²) in [6.45, 7) is 7.81. The summed E-state index contributed by atoms with van der Waals surface area (Å²) in [5.41, 5.74) is 2.73. The van der Waals surface area contributed by atoms with Crippen molar-refractivity contribution in [2.45, 2.75) is 12.8 Å². The highest BCUT2D eigenvalue weighted by molar-refractivity contribution is 6.03. The van der Waals surface area contributed by atoms with Crippen molar-refractivity contribution in [2.75, 3.05) is 0 Å². The van der Waals surface area contributed by atoms with Crippen LogP contribution in [-0.4, -0.2) is 0 Å². The second kappa shape index (κ2) is 5.34. The first-order valence-corrected chi connectivity index (χ1v) is 6.99. The zero-order valence-electron chi connectivity index (χ0n) is 11.6. The van der Waals surface area contributed by atoms with Gasteiger partial charge < -0.3 is 0 Å². The van der Waals surface area contributed by atoms with Crippen molar-refractivity contribution < 1.29 is 0 Å². The lowest BCUT2D eigenvalue weighted by Gasteiger charge is -2.13. The normalized spacial score (nSPS) is 10.8. The van der Waals surface area contributed by atoms with Gasteiger partial charge in [-0.1, -0.05) is 54.6 Å². The van der Waals surface area contributed by atoms with Crippen LogP contribution >= 0.6 is 0 Å². The Morgan fingerprint density at radius 3 is 2.35 bits per heavy atom. The molecular formula is C20H18. The van der Waals surface area contributed by atoms with Crippen LogP contribution in [0.5, 0.6) is 0 Å². The van der Waals surface area contributed by atoms with Crippen LogP contribution in [0, 0.1) is 0 Å². The molecule has 3 rings (SSSR count). The van der Waals surface area contributed by atoms with Crippen LogP contribution in [0.1, 0.15) is 11.1 Å². The molecule has 0 radical (unpaired) electrons. The van der Waals surface area contributed by atoms with Crippen LogP contribution in [0.25, 0.3) is 21.5 Å². The summed E-state index contributed by atoms with van der Waals surface area (Å²) >= 11 is 0. The molecule has 0 amide bonds.